The maximum atomic E-state index is 11.8. The van der Waals surface area contributed by atoms with Gasteiger partial charge in [-0.05, 0) is 39.4 Å². The first-order valence-corrected chi connectivity index (χ1v) is 7.24. The number of nitrogens with zero attached hydrogens (tertiary/aromatic N) is 2. The minimum Gasteiger partial charge on any atom is -0.317 e. The molecular weight excluding hydrogens is 248 g/mol. The van der Waals surface area contributed by atoms with Crippen molar-refractivity contribution in [2.45, 2.75) is 25.3 Å². The Bertz CT molecular complexity index is 360. The molecule has 5 nitrogen and oxygen atoms in total. The molecule has 1 atom stereocenters. The Morgan fingerprint density at radius 3 is 3.28 bits per heavy atom. The van der Waals surface area contributed by atoms with Crippen molar-refractivity contribution in [2.24, 2.45) is 0 Å². The molecule has 0 bridgehead atoms. The maximum absolute atomic E-state index is 11.8. The van der Waals surface area contributed by atoms with Gasteiger partial charge in [0.15, 0.2) is 5.13 Å². The molecule has 1 unspecified atom stereocenters. The fraction of sp³-hybridized carbons (Fsp3) is 0.667. The van der Waals surface area contributed by atoms with Gasteiger partial charge in [0.05, 0.1) is 6.54 Å². The highest BCUT2D eigenvalue weighted by Gasteiger charge is 2.18. The van der Waals surface area contributed by atoms with Gasteiger partial charge in [0.25, 0.3) is 0 Å². The second-order valence-corrected chi connectivity index (χ2v) is 5.53. The number of aromatic nitrogens is 1. The van der Waals surface area contributed by atoms with Crippen molar-refractivity contribution in [1.29, 1.82) is 0 Å². The fourth-order valence-corrected chi connectivity index (χ4v) is 2.79. The predicted octanol–water partition coefficient (Wildman–Crippen LogP) is 1.16. The minimum atomic E-state index is 0.0182. The smallest absolute Gasteiger partial charge is 0.240 e. The summed E-state index contributed by atoms with van der Waals surface area (Å²) in [7, 11) is 2.03. The third-order valence-corrected chi connectivity index (χ3v) is 3.93. The van der Waals surface area contributed by atoms with Crippen molar-refractivity contribution in [1.82, 2.24) is 15.2 Å². The molecule has 1 aliphatic heterocycles. The third-order valence-electron chi connectivity index (χ3n) is 3.24. The van der Waals surface area contributed by atoms with Crippen molar-refractivity contribution >= 4 is 22.4 Å². The lowest BCUT2D eigenvalue weighted by Gasteiger charge is -2.25. The quantitative estimate of drug-likeness (QED) is 0.860. The summed E-state index contributed by atoms with van der Waals surface area (Å²) in [5.74, 6) is 0.0182. The van der Waals surface area contributed by atoms with E-state index in [-0.39, 0.29) is 5.91 Å². The van der Waals surface area contributed by atoms with E-state index in [4.69, 9.17) is 0 Å². The number of amides is 1. The molecule has 1 fully saturated rings. The highest BCUT2D eigenvalue weighted by Crippen LogP contribution is 2.13. The molecule has 2 heterocycles. The molecule has 0 spiro atoms. The SMILES string of the molecule is CN(CC(=O)Nc1nccs1)C1CCCNCC1. The Hall–Kier alpha value is -0.980. The van der Waals surface area contributed by atoms with E-state index >= 15 is 0 Å². The molecule has 0 aromatic carbocycles. The average molecular weight is 268 g/mol. The van der Waals surface area contributed by atoms with E-state index in [9.17, 15) is 4.79 Å². The molecule has 2 rings (SSSR count). The van der Waals surface area contributed by atoms with Crippen LogP contribution < -0.4 is 10.6 Å². The normalized spacial score (nSPS) is 20.7. The lowest BCUT2D eigenvalue weighted by Crippen LogP contribution is -2.38. The minimum absolute atomic E-state index is 0.0182. The zero-order chi connectivity index (χ0) is 12.8. The molecule has 0 radical (unpaired) electrons. The molecule has 100 valence electrons. The van der Waals surface area contributed by atoms with Crippen molar-refractivity contribution in [3.8, 4) is 0 Å². The lowest BCUT2D eigenvalue weighted by atomic mass is 10.1. The first-order valence-electron chi connectivity index (χ1n) is 6.36. The highest BCUT2D eigenvalue weighted by molar-refractivity contribution is 7.13. The number of hydrogen-bond donors (Lipinski definition) is 2. The summed E-state index contributed by atoms with van der Waals surface area (Å²) >= 11 is 1.45. The van der Waals surface area contributed by atoms with Crippen LogP contribution in [0.25, 0.3) is 0 Å². The van der Waals surface area contributed by atoms with Crippen LogP contribution in [-0.2, 0) is 4.79 Å². The number of carbonyl (C=O) groups excluding carboxylic acids is 1. The molecule has 0 aliphatic carbocycles. The van der Waals surface area contributed by atoms with Crippen molar-refractivity contribution in [3.63, 3.8) is 0 Å². The van der Waals surface area contributed by atoms with Crippen molar-refractivity contribution in [2.75, 3.05) is 32.0 Å². The van der Waals surface area contributed by atoms with Crippen LogP contribution in [0.3, 0.4) is 0 Å². The molecule has 18 heavy (non-hydrogen) atoms. The number of carbonyl (C=O) groups is 1. The molecule has 0 saturated carbocycles. The van der Waals surface area contributed by atoms with Crippen LogP contribution in [0.1, 0.15) is 19.3 Å². The van der Waals surface area contributed by atoms with Gasteiger partial charge in [-0.25, -0.2) is 4.98 Å². The second kappa shape index (κ2) is 6.82. The first-order chi connectivity index (χ1) is 8.75. The van der Waals surface area contributed by atoms with Gasteiger partial charge in [0.1, 0.15) is 0 Å². The van der Waals surface area contributed by atoms with Gasteiger partial charge < -0.3 is 10.6 Å². The van der Waals surface area contributed by atoms with E-state index in [1.54, 1.807) is 6.20 Å². The summed E-state index contributed by atoms with van der Waals surface area (Å²) in [6, 6.07) is 0.502. The number of nitrogens with one attached hydrogen (secondary N) is 2. The monoisotopic (exact) mass is 268 g/mol. The molecule has 2 N–H and O–H groups in total. The molecule has 1 aromatic heterocycles. The summed E-state index contributed by atoms with van der Waals surface area (Å²) < 4.78 is 0. The summed E-state index contributed by atoms with van der Waals surface area (Å²) in [5, 5.41) is 8.74. The zero-order valence-electron chi connectivity index (χ0n) is 10.7. The Morgan fingerprint density at radius 2 is 2.50 bits per heavy atom. The van der Waals surface area contributed by atoms with Crippen LogP contribution >= 0.6 is 11.3 Å². The average Bonchev–Trinajstić information content (AvgIpc) is 2.68. The molecule has 6 heteroatoms. The molecule has 1 aliphatic rings. The van der Waals surface area contributed by atoms with E-state index in [2.05, 4.69) is 20.5 Å². The van der Waals surface area contributed by atoms with Gasteiger partial charge in [0, 0.05) is 17.6 Å². The predicted molar refractivity (Wildman–Crippen MR) is 73.9 cm³/mol. The summed E-state index contributed by atoms with van der Waals surface area (Å²) in [5.41, 5.74) is 0. The van der Waals surface area contributed by atoms with E-state index in [0.29, 0.717) is 17.7 Å². The highest BCUT2D eigenvalue weighted by atomic mass is 32.1. The first kappa shape index (κ1) is 13.5. The Balaban J connectivity index is 1.78. The van der Waals surface area contributed by atoms with Crippen LogP contribution in [0.4, 0.5) is 5.13 Å². The number of likely N-dealkylation sites (N-methyl/N-ethyl adjacent to an activating group) is 1. The largest absolute Gasteiger partial charge is 0.317 e. The number of anilines is 1. The zero-order valence-corrected chi connectivity index (χ0v) is 11.5. The summed E-state index contributed by atoms with van der Waals surface area (Å²) in [6.45, 7) is 2.57. The molecule has 1 aromatic rings. The van der Waals surface area contributed by atoms with Crippen molar-refractivity contribution in [3.05, 3.63) is 11.6 Å². The number of rotatable bonds is 4. The van der Waals surface area contributed by atoms with E-state index < -0.39 is 0 Å². The summed E-state index contributed by atoms with van der Waals surface area (Å²) in [6.07, 6.45) is 5.15. The Morgan fingerprint density at radius 1 is 1.61 bits per heavy atom. The number of hydrogen-bond acceptors (Lipinski definition) is 5. The van der Waals surface area contributed by atoms with Gasteiger partial charge in [-0.15, -0.1) is 11.3 Å². The van der Waals surface area contributed by atoms with Gasteiger partial charge in [-0.3, -0.25) is 9.69 Å². The van der Waals surface area contributed by atoms with Crippen LogP contribution in [0.2, 0.25) is 0 Å². The van der Waals surface area contributed by atoms with Crippen LogP contribution in [0.15, 0.2) is 11.6 Å². The molecule has 1 saturated heterocycles. The van der Waals surface area contributed by atoms with Gasteiger partial charge in [-0.1, -0.05) is 0 Å². The second-order valence-electron chi connectivity index (χ2n) is 4.64. The van der Waals surface area contributed by atoms with Gasteiger partial charge in [-0.2, -0.15) is 0 Å². The molecular formula is C12H20N4OS. The van der Waals surface area contributed by atoms with Crippen molar-refractivity contribution < 1.29 is 4.79 Å². The standard InChI is InChI=1S/C12H20N4OS/c1-16(10-3-2-5-13-6-4-10)9-11(17)15-12-14-7-8-18-12/h7-8,10,13H,2-6,9H2,1H3,(H,14,15,17). The van der Waals surface area contributed by atoms with Gasteiger partial charge in [0.2, 0.25) is 5.91 Å². The topological polar surface area (TPSA) is 57.3 Å². The van der Waals surface area contributed by atoms with E-state index in [1.165, 1.54) is 17.8 Å². The van der Waals surface area contributed by atoms with Gasteiger partial charge >= 0.3 is 0 Å². The van der Waals surface area contributed by atoms with Crippen LogP contribution in [0.5, 0.6) is 0 Å². The fourth-order valence-electron chi connectivity index (χ4n) is 2.24. The third kappa shape index (κ3) is 4.04. The lowest BCUT2D eigenvalue weighted by molar-refractivity contribution is -0.117. The Kier molecular flexibility index (Phi) is 5.10. The van der Waals surface area contributed by atoms with E-state index in [1.807, 2.05) is 12.4 Å². The van der Waals surface area contributed by atoms with Crippen LogP contribution in [0, 0.1) is 0 Å². The summed E-state index contributed by atoms with van der Waals surface area (Å²) in [4.78, 5) is 18.0. The van der Waals surface area contributed by atoms with Crippen LogP contribution in [-0.4, -0.2) is 48.5 Å². The number of thiazole rings is 1. The molecule has 1 amide bonds. The maximum Gasteiger partial charge on any atom is 0.240 e. The Labute approximate surface area is 112 Å². The van der Waals surface area contributed by atoms with E-state index in [0.717, 1.165) is 25.9 Å².